The molecule has 1 atom stereocenters. The summed E-state index contributed by atoms with van der Waals surface area (Å²) < 4.78 is 21.8. The van der Waals surface area contributed by atoms with Gasteiger partial charge in [-0.2, -0.15) is 0 Å². The lowest BCUT2D eigenvalue weighted by atomic mass is 9.84. The van der Waals surface area contributed by atoms with Crippen LogP contribution in [0.3, 0.4) is 0 Å². The second-order valence-electron chi connectivity index (χ2n) is 11.1. The first-order valence-corrected chi connectivity index (χ1v) is 13.4. The molecule has 0 bridgehead atoms. The molecule has 204 valence electrons. The van der Waals surface area contributed by atoms with Crippen LogP contribution in [-0.2, 0) is 21.5 Å². The molecule has 2 aliphatic rings. The molecule has 6 rings (SSSR count). The number of rotatable bonds is 7. The summed E-state index contributed by atoms with van der Waals surface area (Å²) in [5, 5.41) is 6.62. The van der Waals surface area contributed by atoms with Crippen LogP contribution in [-0.4, -0.2) is 48.9 Å². The molecule has 0 aliphatic carbocycles. The van der Waals surface area contributed by atoms with Crippen LogP contribution in [0.1, 0.15) is 47.4 Å². The summed E-state index contributed by atoms with van der Waals surface area (Å²) in [6, 6.07) is 17.8. The van der Waals surface area contributed by atoms with Gasteiger partial charge in [-0.1, -0.05) is 26.0 Å². The molecule has 2 N–H and O–H groups in total. The van der Waals surface area contributed by atoms with E-state index in [1.807, 2.05) is 18.3 Å². The first kappa shape index (κ1) is 26.0. The molecular weight excluding hydrogens is 507 g/mol. The van der Waals surface area contributed by atoms with Crippen molar-refractivity contribution < 1.29 is 18.7 Å². The highest BCUT2D eigenvalue weighted by Gasteiger charge is 2.33. The minimum absolute atomic E-state index is 0.153. The zero-order valence-corrected chi connectivity index (χ0v) is 22.8. The van der Waals surface area contributed by atoms with Gasteiger partial charge in [0.05, 0.1) is 18.7 Å². The molecule has 1 fully saturated rings. The number of nitrogens with one attached hydrogen (secondary N) is 2. The van der Waals surface area contributed by atoms with Crippen molar-refractivity contribution in [3.8, 4) is 16.8 Å². The Kier molecular flexibility index (Phi) is 6.50. The summed E-state index contributed by atoms with van der Waals surface area (Å²) >= 11 is 0. The standard InChI is InChI=1S/C32H31FN4O3/c1-32(2,18-40-3)29-28(19-4-6-20(7-5-19)30(38)36-26-12-13-35-31(26)39)25-14-21-16-34-17-22(21)15-27(25)37(29)24-10-8-23(33)9-11-24/h4-11,14-15,17,26H,12-13,16,18H2,1-3H3,(H,35,39)(H,36,38)/t26-/m1/s1. The number of hydrogen-bond donors (Lipinski definition) is 2. The van der Waals surface area contributed by atoms with E-state index in [0.717, 1.165) is 44.5 Å². The van der Waals surface area contributed by atoms with Crippen LogP contribution in [0, 0.1) is 5.82 Å². The third-order valence-corrected chi connectivity index (χ3v) is 7.74. The number of hydrogen-bond acceptors (Lipinski definition) is 4. The molecule has 2 aliphatic heterocycles. The van der Waals surface area contributed by atoms with Gasteiger partial charge in [-0.15, -0.1) is 0 Å². The fourth-order valence-electron chi connectivity index (χ4n) is 5.88. The van der Waals surface area contributed by atoms with Gasteiger partial charge in [-0.25, -0.2) is 4.39 Å². The number of halogens is 1. The van der Waals surface area contributed by atoms with Crippen LogP contribution < -0.4 is 10.6 Å². The molecule has 7 nitrogen and oxygen atoms in total. The lowest BCUT2D eigenvalue weighted by Crippen LogP contribution is -2.40. The van der Waals surface area contributed by atoms with E-state index in [1.165, 1.54) is 12.1 Å². The van der Waals surface area contributed by atoms with E-state index in [1.54, 1.807) is 31.4 Å². The van der Waals surface area contributed by atoms with Crippen LogP contribution in [0.4, 0.5) is 4.39 Å². The Balaban J connectivity index is 1.54. The molecule has 4 aromatic rings. The molecule has 3 aromatic carbocycles. The van der Waals surface area contributed by atoms with Crippen LogP contribution in [0.2, 0.25) is 0 Å². The number of carbonyl (C=O) groups is 2. The largest absolute Gasteiger partial charge is 0.384 e. The van der Waals surface area contributed by atoms with Crippen LogP contribution in [0.25, 0.3) is 27.7 Å². The Bertz CT molecular complexity index is 1650. The van der Waals surface area contributed by atoms with Gasteiger partial charge >= 0.3 is 0 Å². The molecule has 8 heteroatoms. The van der Waals surface area contributed by atoms with Crippen molar-refractivity contribution in [3.05, 3.63) is 88.9 Å². The third kappa shape index (κ3) is 4.48. The smallest absolute Gasteiger partial charge is 0.251 e. The number of ether oxygens (including phenoxy) is 1. The molecule has 0 spiro atoms. The molecule has 1 aromatic heterocycles. The second-order valence-corrected chi connectivity index (χ2v) is 11.1. The number of aliphatic imine (C=N–C) groups is 1. The van der Waals surface area contributed by atoms with Gasteiger partial charge in [0.1, 0.15) is 11.9 Å². The van der Waals surface area contributed by atoms with E-state index >= 15 is 0 Å². The Morgan fingerprint density at radius 2 is 1.90 bits per heavy atom. The monoisotopic (exact) mass is 538 g/mol. The first-order valence-electron chi connectivity index (χ1n) is 13.4. The quantitative estimate of drug-likeness (QED) is 0.351. The predicted molar refractivity (Wildman–Crippen MR) is 154 cm³/mol. The maximum atomic E-state index is 14.0. The average molecular weight is 539 g/mol. The third-order valence-electron chi connectivity index (χ3n) is 7.74. The maximum Gasteiger partial charge on any atom is 0.251 e. The first-order chi connectivity index (χ1) is 19.3. The van der Waals surface area contributed by atoms with Gasteiger partial charge in [-0.05, 0) is 71.6 Å². The second kappa shape index (κ2) is 10.0. The lowest BCUT2D eigenvalue weighted by Gasteiger charge is -2.28. The van der Waals surface area contributed by atoms with Crippen molar-refractivity contribution in [1.29, 1.82) is 0 Å². The van der Waals surface area contributed by atoms with Crippen molar-refractivity contribution in [3.63, 3.8) is 0 Å². The number of carbonyl (C=O) groups excluding carboxylic acids is 2. The number of fused-ring (bicyclic) bond motifs is 2. The highest BCUT2D eigenvalue weighted by atomic mass is 19.1. The van der Waals surface area contributed by atoms with Gasteiger partial charge < -0.3 is 19.9 Å². The zero-order chi connectivity index (χ0) is 28.0. The Hall–Kier alpha value is -4.30. The van der Waals surface area contributed by atoms with Crippen molar-refractivity contribution in [2.24, 2.45) is 4.99 Å². The maximum absolute atomic E-state index is 14.0. The number of aromatic nitrogens is 1. The summed E-state index contributed by atoms with van der Waals surface area (Å²) in [5.74, 6) is -0.729. The van der Waals surface area contributed by atoms with Gasteiger partial charge in [0.25, 0.3) is 5.91 Å². The van der Waals surface area contributed by atoms with E-state index in [9.17, 15) is 14.0 Å². The number of amides is 2. The van der Waals surface area contributed by atoms with E-state index in [2.05, 4.69) is 46.2 Å². The van der Waals surface area contributed by atoms with Crippen molar-refractivity contribution in [2.45, 2.75) is 38.3 Å². The van der Waals surface area contributed by atoms with Crippen molar-refractivity contribution >= 4 is 28.9 Å². The molecule has 0 radical (unpaired) electrons. The topological polar surface area (TPSA) is 84.7 Å². The number of methoxy groups -OCH3 is 1. The Labute approximate surface area is 232 Å². The fourth-order valence-corrected chi connectivity index (χ4v) is 5.88. The summed E-state index contributed by atoms with van der Waals surface area (Å²) in [6.45, 7) is 5.92. The molecule has 3 heterocycles. The van der Waals surface area contributed by atoms with Crippen LogP contribution in [0.5, 0.6) is 0 Å². The summed E-state index contributed by atoms with van der Waals surface area (Å²) in [4.78, 5) is 29.3. The summed E-state index contributed by atoms with van der Waals surface area (Å²) in [5.41, 5.74) is 7.10. The van der Waals surface area contributed by atoms with Gasteiger partial charge in [0.2, 0.25) is 5.91 Å². The average Bonchev–Trinajstić information content (AvgIpc) is 3.65. The van der Waals surface area contributed by atoms with Gasteiger partial charge in [0.15, 0.2) is 0 Å². The molecule has 0 unspecified atom stereocenters. The lowest BCUT2D eigenvalue weighted by molar-refractivity contribution is -0.120. The highest BCUT2D eigenvalue weighted by Crippen LogP contribution is 2.44. The minimum atomic E-state index is -0.508. The van der Waals surface area contributed by atoms with Crippen LogP contribution >= 0.6 is 0 Å². The summed E-state index contributed by atoms with van der Waals surface area (Å²) in [7, 11) is 1.69. The number of nitrogens with zero attached hydrogens (tertiary/aromatic N) is 2. The van der Waals surface area contributed by atoms with Crippen LogP contribution in [0.15, 0.2) is 65.7 Å². The molecule has 1 saturated heterocycles. The number of benzene rings is 3. The van der Waals surface area contributed by atoms with E-state index in [4.69, 9.17) is 4.74 Å². The SMILES string of the molecule is COCC(C)(C)c1c(-c2ccc(C(=O)N[C@@H]3CCNC3=O)cc2)c2cc3c(cc2n1-c1ccc(F)cc1)C=NC3. The van der Waals surface area contributed by atoms with Gasteiger partial charge in [-0.3, -0.25) is 14.6 Å². The molecule has 2 amide bonds. The van der Waals surface area contributed by atoms with E-state index in [-0.39, 0.29) is 17.6 Å². The molecule has 0 saturated carbocycles. The van der Waals surface area contributed by atoms with Gasteiger partial charge in [0, 0.05) is 53.2 Å². The van der Waals surface area contributed by atoms with Crippen molar-refractivity contribution in [2.75, 3.05) is 20.3 Å². The summed E-state index contributed by atoms with van der Waals surface area (Å²) in [6.07, 6.45) is 2.48. The zero-order valence-electron chi connectivity index (χ0n) is 22.8. The van der Waals surface area contributed by atoms with E-state index in [0.29, 0.717) is 31.7 Å². The molecular formula is C32H31FN4O3. The minimum Gasteiger partial charge on any atom is -0.384 e. The van der Waals surface area contributed by atoms with Crippen molar-refractivity contribution in [1.82, 2.24) is 15.2 Å². The Morgan fingerprint density at radius 3 is 2.58 bits per heavy atom. The Morgan fingerprint density at radius 1 is 1.15 bits per heavy atom. The predicted octanol–water partition coefficient (Wildman–Crippen LogP) is 4.91. The molecule has 40 heavy (non-hydrogen) atoms. The normalized spacial score (nSPS) is 16.4. The van der Waals surface area contributed by atoms with E-state index < -0.39 is 11.5 Å². The highest BCUT2D eigenvalue weighted by molar-refractivity contribution is 6.04. The fraction of sp³-hybridized carbons (Fsp3) is 0.281.